The zero-order valence-electron chi connectivity index (χ0n) is 24.0. The smallest absolute Gasteiger partial charge is 0.394 e. The van der Waals surface area contributed by atoms with E-state index in [1.54, 1.807) is 0 Å². The molecule has 2 aliphatic rings. The number of aliphatic hydroxyl groups excluding tert-OH is 2. The molecule has 5 heterocycles. The molecule has 7 atom stereocenters. The average Bonchev–Trinajstić information content (AvgIpc) is 3.72. The van der Waals surface area contributed by atoms with Crippen molar-refractivity contribution >= 4 is 42.5 Å². The van der Waals surface area contributed by atoms with E-state index in [1.165, 1.54) is 33.4 Å². The van der Waals surface area contributed by atoms with Crippen LogP contribution in [0.2, 0.25) is 0 Å². The van der Waals surface area contributed by atoms with Gasteiger partial charge in [-0.05, 0) is 12.1 Å². The number of nitrogens with one attached hydrogen (secondary N) is 1. The van der Waals surface area contributed by atoms with Crippen LogP contribution in [0.15, 0.2) is 57.3 Å². The second-order valence-corrected chi connectivity index (χ2v) is 13.1. The monoisotopic (exact) mass is 678 g/mol. The summed E-state index contributed by atoms with van der Waals surface area (Å²) in [5.74, 6) is 0.364. The van der Waals surface area contributed by atoms with Crippen molar-refractivity contribution in [3.05, 3.63) is 69.3 Å². The average molecular weight is 679 g/mol. The Morgan fingerprint density at radius 2 is 1.83 bits per heavy atom. The quantitative estimate of drug-likeness (QED) is 0.0918. The number of fused-ring (bicyclic) bond motifs is 1. The number of aliphatic hydroxyl groups is 2. The highest BCUT2D eigenvalue weighted by molar-refractivity contribution is 7.98. The topological polar surface area (TPSA) is 265 Å². The highest BCUT2D eigenvalue weighted by Crippen LogP contribution is 2.49. The summed E-state index contributed by atoms with van der Waals surface area (Å²) in [5.41, 5.74) is 11.1. The van der Waals surface area contributed by atoms with Gasteiger partial charge in [0.2, 0.25) is 5.95 Å². The standard InChI is InChI=1S/C26H31N8O10PS/c27-22-13(11-46-14-4-2-1-3-5-14)8-33(26(38)30-22)19-6-15(36)18(43-19)10-41-45(39,40)44-16-7-20(42-17(16)9-35)34-12-29-21-23(34)31-25(28)32-24(21)37/h1-5,8,12,15-20,35-36H,6-7,9-11H2,(H,39,40)(H2,27,30,38)(H3,28,31,32,37)/t15-,16-,17+,18+,19+,20+/m0/s1. The first-order valence-electron chi connectivity index (χ1n) is 14.0. The van der Waals surface area contributed by atoms with E-state index in [9.17, 15) is 29.3 Å². The van der Waals surface area contributed by atoms with E-state index in [4.69, 9.17) is 30.0 Å². The Labute approximate surface area is 263 Å². The van der Waals surface area contributed by atoms with Crippen molar-refractivity contribution in [2.45, 2.75) is 60.4 Å². The lowest BCUT2D eigenvalue weighted by Gasteiger charge is -2.22. The summed E-state index contributed by atoms with van der Waals surface area (Å²) in [7, 11) is -4.79. The molecule has 0 radical (unpaired) electrons. The number of H-pyrrole nitrogens is 1. The number of rotatable bonds is 11. The molecular weight excluding hydrogens is 647 g/mol. The molecule has 0 bridgehead atoms. The molecular formula is C26H31N8O10PS. The molecule has 2 aliphatic heterocycles. The minimum absolute atomic E-state index is 0.00613. The molecule has 4 aromatic rings. The number of benzene rings is 1. The summed E-state index contributed by atoms with van der Waals surface area (Å²) in [6.45, 7) is -1.12. The van der Waals surface area contributed by atoms with Crippen LogP contribution in [-0.2, 0) is 28.8 Å². The largest absolute Gasteiger partial charge is 0.472 e. The SMILES string of the molecule is Nc1nc2c(ncn2[C@H]2C[C@H](OP(=O)(O)OC[C@H]3O[C@@H](n4cc(CSc5ccccc5)c(N)nc4=O)C[C@@H]3O)[C@@H](CO)O2)c(=O)[nH]1. The van der Waals surface area contributed by atoms with Gasteiger partial charge in [0.1, 0.15) is 36.6 Å². The first kappa shape index (κ1) is 32.3. The number of phosphoric acid groups is 1. The first-order valence-corrected chi connectivity index (χ1v) is 16.5. The van der Waals surface area contributed by atoms with Crippen molar-refractivity contribution in [2.24, 2.45) is 0 Å². The highest BCUT2D eigenvalue weighted by atomic mass is 32.2. The Kier molecular flexibility index (Phi) is 9.28. The van der Waals surface area contributed by atoms with E-state index in [-0.39, 0.29) is 35.8 Å². The Morgan fingerprint density at radius 1 is 1.09 bits per heavy atom. The Morgan fingerprint density at radius 3 is 2.59 bits per heavy atom. The minimum Gasteiger partial charge on any atom is -0.394 e. The Bertz CT molecular complexity index is 1870. The fourth-order valence-corrected chi connectivity index (χ4v) is 7.08. The van der Waals surface area contributed by atoms with Crippen LogP contribution >= 0.6 is 19.6 Å². The van der Waals surface area contributed by atoms with Gasteiger partial charge in [-0.1, -0.05) is 18.2 Å². The second-order valence-electron chi connectivity index (χ2n) is 10.6. The number of thioether (sulfide) groups is 1. The molecule has 6 rings (SSSR count). The highest BCUT2D eigenvalue weighted by Gasteiger charge is 2.43. The van der Waals surface area contributed by atoms with Crippen LogP contribution in [0.25, 0.3) is 11.2 Å². The van der Waals surface area contributed by atoms with Crippen molar-refractivity contribution in [1.29, 1.82) is 0 Å². The fraction of sp³-hybridized carbons (Fsp3) is 0.423. The number of aromatic amines is 1. The number of nitrogens with zero attached hydrogens (tertiary/aromatic N) is 5. The normalized spacial score (nSPS) is 26.1. The fourth-order valence-electron chi connectivity index (χ4n) is 5.22. The molecule has 0 aliphatic carbocycles. The van der Waals surface area contributed by atoms with Gasteiger partial charge in [0.15, 0.2) is 11.2 Å². The van der Waals surface area contributed by atoms with Crippen LogP contribution < -0.4 is 22.7 Å². The summed E-state index contributed by atoms with van der Waals surface area (Å²) in [6.07, 6.45) is -3.45. The number of nitrogen functional groups attached to an aromatic ring is 2. The number of ether oxygens (including phenoxy) is 2. The molecule has 18 nitrogen and oxygen atoms in total. The lowest BCUT2D eigenvalue weighted by atomic mass is 10.2. The maximum atomic E-state index is 12.9. The van der Waals surface area contributed by atoms with Gasteiger partial charge < -0.3 is 36.0 Å². The number of imidazole rings is 1. The van der Waals surface area contributed by atoms with E-state index >= 15 is 0 Å². The summed E-state index contributed by atoms with van der Waals surface area (Å²) < 4.78 is 37.7. The lowest BCUT2D eigenvalue weighted by molar-refractivity contribution is -0.0566. The summed E-state index contributed by atoms with van der Waals surface area (Å²) in [6, 6.07) is 9.59. The van der Waals surface area contributed by atoms with Crippen LogP contribution in [0, 0.1) is 0 Å². The second kappa shape index (κ2) is 13.2. The minimum atomic E-state index is -4.79. The van der Waals surface area contributed by atoms with Crippen molar-refractivity contribution < 1.29 is 38.2 Å². The molecule has 1 unspecified atom stereocenters. The lowest BCUT2D eigenvalue weighted by Crippen LogP contribution is -2.30. The molecule has 2 fully saturated rings. The number of phosphoric ester groups is 1. The molecule has 3 aromatic heterocycles. The zero-order chi connectivity index (χ0) is 32.6. The van der Waals surface area contributed by atoms with E-state index in [1.807, 2.05) is 30.3 Å². The molecule has 0 saturated carbocycles. The van der Waals surface area contributed by atoms with Gasteiger partial charge in [-0.2, -0.15) is 9.97 Å². The number of hydrogen-bond donors (Lipinski definition) is 6. The molecule has 8 N–H and O–H groups in total. The third kappa shape index (κ3) is 6.87. The van der Waals surface area contributed by atoms with Crippen LogP contribution in [0.3, 0.4) is 0 Å². The number of anilines is 2. The van der Waals surface area contributed by atoms with Crippen LogP contribution in [0.5, 0.6) is 0 Å². The van der Waals surface area contributed by atoms with E-state index in [2.05, 4.69) is 19.9 Å². The summed E-state index contributed by atoms with van der Waals surface area (Å²) in [4.78, 5) is 50.6. The third-order valence-electron chi connectivity index (χ3n) is 7.50. The maximum absolute atomic E-state index is 12.9. The van der Waals surface area contributed by atoms with E-state index < -0.39 is 69.2 Å². The zero-order valence-corrected chi connectivity index (χ0v) is 25.7. The summed E-state index contributed by atoms with van der Waals surface area (Å²) in [5, 5.41) is 20.5. The van der Waals surface area contributed by atoms with Gasteiger partial charge in [0.05, 0.1) is 25.6 Å². The van der Waals surface area contributed by atoms with Crippen LogP contribution in [-0.4, -0.2) is 81.8 Å². The molecule has 0 amide bonds. The van der Waals surface area contributed by atoms with Crippen LogP contribution in [0.4, 0.5) is 11.8 Å². The summed E-state index contributed by atoms with van der Waals surface area (Å²) >= 11 is 1.50. The number of hydrogen-bond acceptors (Lipinski definition) is 15. The number of aromatic nitrogens is 6. The van der Waals surface area contributed by atoms with Crippen molar-refractivity contribution in [1.82, 2.24) is 29.1 Å². The molecule has 2 saturated heterocycles. The van der Waals surface area contributed by atoms with Crippen molar-refractivity contribution in [3.8, 4) is 0 Å². The van der Waals surface area contributed by atoms with Gasteiger partial charge in [-0.3, -0.25) is 28.0 Å². The van der Waals surface area contributed by atoms with Gasteiger partial charge in [-0.25, -0.2) is 14.3 Å². The first-order chi connectivity index (χ1) is 22.0. The van der Waals surface area contributed by atoms with Crippen molar-refractivity contribution in [3.63, 3.8) is 0 Å². The van der Waals surface area contributed by atoms with Gasteiger partial charge >= 0.3 is 13.5 Å². The maximum Gasteiger partial charge on any atom is 0.472 e. The number of nitrogens with two attached hydrogens (primary N) is 2. The third-order valence-corrected chi connectivity index (χ3v) is 9.58. The predicted octanol–water partition coefficient (Wildman–Crippen LogP) is 0.264. The Balaban J connectivity index is 1.08. The van der Waals surface area contributed by atoms with Gasteiger partial charge in [0, 0.05) is 35.3 Å². The van der Waals surface area contributed by atoms with E-state index in [0.717, 1.165) is 4.90 Å². The van der Waals surface area contributed by atoms with Crippen LogP contribution in [0.1, 0.15) is 30.9 Å². The van der Waals surface area contributed by atoms with Crippen molar-refractivity contribution in [2.75, 3.05) is 24.7 Å². The van der Waals surface area contributed by atoms with Gasteiger partial charge in [-0.15, -0.1) is 11.8 Å². The Hall–Kier alpha value is -3.65. The molecule has 0 spiro atoms. The molecule has 1 aromatic carbocycles. The molecule has 46 heavy (non-hydrogen) atoms. The molecule has 246 valence electrons. The predicted molar refractivity (Wildman–Crippen MR) is 162 cm³/mol. The van der Waals surface area contributed by atoms with E-state index in [0.29, 0.717) is 11.3 Å². The molecule has 20 heteroatoms. The van der Waals surface area contributed by atoms with Gasteiger partial charge in [0.25, 0.3) is 5.56 Å².